The largest absolute Gasteiger partial charge is 0.489 e. The Labute approximate surface area is 273 Å². The highest BCUT2D eigenvalue weighted by atomic mass is 19.1. The van der Waals surface area contributed by atoms with Crippen molar-refractivity contribution in [3.63, 3.8) is 0 Å². The lowest BCUT2D eigenvalue weighted by molar-refractivity contribution is -0.165. The molecule has 0 unspecified atom stereocenters. The first-order valence-electron chi connectivity index (χ1n) is 15.4. The van der Waals surface area contributed by atoms with Gasteiger partial charge < -0.3 is 38.6 Å². The van der Waals surface area contributed by atoms with E-state index in [0.717, 1.165) is 11.1 Å². The van der Waals surface area contributed by atoms with Crippen LogP contribution in [0.15, 0.2) is 97.1 Å². The molecule has 0 bridgehead atoms. The van der Waals surface area contributed by atoms with Crippen LogP contribution in [0.4, 0.5) is 8.78 Å². The van der Waals surface area contributed by atoms with Gasteiger partial charge in [0, 0.05) is 23.3 Å². The van der Waals surface area contributed by atoms with Gasteiger partial charge in [0.1, 0.15) is 60.8 Å². The van der Waals surface area contributed by atoms with E-state index in [9.17, 15) is 19.0 Å². The van der Waals surface area contributed by atoms with Crippen LogP contribution >= 0.6 is 0 Å². The Kier molecular flexibility index (Phi) is 11.9. The third kappa shape index (κ3) is 10.0. The highest BCUT2D eigenvalue weighted by molar-refractivity contribution is 5.30. The maximum atomic E-state index is 14.7. The van der Waals surface area contributed by atoms with Crippen LogP contribution in [0.3, 0.4) is 0 Å². The lowest BCUT2D eigenvalue weighted by Crippen LogP contribution is -2.45. The quantitative estimate of drug-likeness (QED) is 0.150. The topological polar surface area (TPSA) is 95.8 Å². The molecule has 0 amide bonds. The van der Waals surface area contributed by atoms with Crippen molar-refractivity contribution in [1.29, 1.82) is 0 Å². The fourth-order valence-corrected chi connectivity index (χ4v) is 5.13. The van der Waals surface area contributed by atoms with E-state index in [4.69, 9.17) is 28.4 Å². The van der Waals surface area contributed by atoms with Gasteiger partial charge in [-0.15, -0.1) is 0 Å². The van der Waals surface area contributed by atoms with Crippen molar-refractivity contribution in [2.75, 3.05) is 13.2 Å². The molecule has 0 radical (unpaired) electrons. The molecule has 1 fully saturated rings. The van der Waals surface area contributed by atoms with Crippen LogP contribution < -0.4 is 9.47 Å². The van der Waals surface area contributed by atoms with E-state index in [-0.39, 0.29) is 26.4 Å². The summed E-state index contributed by atoms with van der Waals surface area (Å²) in [5, 5.41) is 21.8. The summed E-state index contributed by atoms with van der Waals surface area (Å²) in [5.74, 6) is -1.31. The van der Waals surface area contributed by atoms with E-state index in [1.807, 2.05) is 60.7 Å². The number of hydrogen-bond acceptors (Lipinski definition) is 8. The average Bonchev–Trinajstić information content (AvgIpc) is 3.41. The number of benzene rings is 4. The van der Waals surface area contributed by atoms with Gasteiger partial charge >= 0.3 is 0 Å². The van der Waals surface area contributed by atoms with Gasteiger partial charge in [0.25, 0.3) is 0 Å². The summed E-state index contributed by atoms with van der Waals surface area (Å²) in [5.41, 5.74) is 2.52. The Bertz CT molecular complexity index is 1440. The third-order valence-electron chi connectivity index (χ3n) is 7.56. The van der Waals surface area contributed by atoms with Crippen LogP contribution in [0, 0.1) is 11.6 Å². The number of aliphatic hydroxyl groups is 2. The normalized spacial score (nSPS) is 18.5. The first-order valence-corrected chi connectivity index (χ1v) is 15.4. The van der Waals surface area contributed by atoms with Gasteiger partial charge in [-0.25, -0.2) is 8.78 Å². The molecule has 0 aromatic heterocycles. The summed E-state index contributed by atoms with van der Waals surface area (Å²) in [6, 6.07) is 28.2. The van der Waals surface area contributed by atoms with E-state index in [1.165, 1.54) is 12.1 Å². The molecule has 4 atom stereocenters. The van der Waals surface area contributed by atoms with Crippen LogP contribution in [0.25, 0.3) is 0 Å². The molecule has 4 aromatic carbocycles. The number of hydrogen-bond donors (Lipinski definition) is 2. The van der Waals surface area contributed by atoms with Gasteiger partial charge in [-0.2, -0.15) is 0 Å². The molecule has 1 saturated heterocycles. The van der Waals surface area contributed by atoms with E-state index >= 15 is 0 Å². The Morgan fingerprint density at radius 1 is 0.617 bits per heavy atom. The van der Waals surface area contributed by atoms with Crippen molar-refractivity contribution in [1.82, 2.24) is 0 Å². The maximum absolute atomic E-state index is 14.7. The minimum Gasteiger partial charge on any atom is -0.489 e. The predicted octanol–water partition coefficient (Wildman–Crippen LogP) is 6.10. The molecule has 0 aliphatic carbocycles. The highest BCUT2D eigenvalue weighted by Gasteiger charge is 2.48. The zero-order valence-corrected chi connectivity index (χ0v) is 26.4. The van der Waals surface area contributed by atoms with Crippen LogP contribution in [0.5, 0.6) is 11.5 Å². The van der Waals surface area contributed by atoms with Gasteiger partial charge in [-0.3, -0.25) is 0 Å². The molecule has 1 aliphatic heterocycles. The molecule has 4 aromatic rings. The molecular formula is C37H40F2O8. The summed E-state index contributed by atoms with van der Waals surface area (Å²) in [6.45, 7) is 3.34. The summed E-state index contributed by atoms with van der Waals surface area (Å²) in [6.07, 6.45) is -4.32. The smallest absolute Gasteiger partial charge is 0.164 e. The molecular weight excluding hydrogens is 610 g/mol. The van der Waals surface area contributed by atoms with Crippen molar-refractivity contribution in [2.45, 2.75) is 70.5 Å². The van der Waals surface area contributed by atoms with Crippen LogP contribution in [0.1, 0.15) is 36.1 Å². The zero-order valence-electron chi connectivity index (χ0n) is 26.4. The standard InChI is InChI=1S/C37H40F2O8/c1-37(2)46-35(33(40)23-42-21-27-13-15-29(17-31(27)38)44-19-25-9-5-3-6-10-25)36(47-37)34(41)24-43-22-28-14-16-30(18-32(28)39)45-20-26-11-7-4-8-12-26/h3-18,33-36,40-41H,19-24H2,1-2H3/t33-,34-,35-,36-/m1/s1. The third-order valence-corrected chi connectivity index (χ3v) is 7.56. The summed E-state index contributed by atoms with van der Waals surface area (Å²) >= 11 is 0. The first-order chi connectivity index (χ1) is 22.7. The minimum absolute atomic E-state index is 0.100. The van der Waals surface area contributed by atoms with Crippen LogP contribution in [-0.4, -0.2) is 53.6 Å². The zero-order chi connectivity index (χ0) is 33.2. The Morgan fingerprint density at radius 2 is 1.02 bits per heavy atom. The SMILES string of the molecule is CC1(C)O[C@H]([C@H](O)COCc2ccc(OCc3ccccc3)cc2F)[C@@H]([C@H](O)COCc2ccc(OCc3ccccc3)cc2F)O1. The molecule has 1 heterocycles. The number of halogens is 2. The fourth-order valence-electron chi connectivity index (χ4n) is 5.13. The molecule has 1 aliphatic rings. The predicted molar refractivity (Wildman–Crippen MR) is 169 cm³/mol. The van der Waals surface area contributed by atoms with E-state index < -0.39 is 41.8 Å². The average molecular weight is 651 g/mol. The number of ether oxygens (including phenoxy) is 6. The van der Waals surface area contributed by atoms with Crippen molar-refractivity contribution >= 4 is 0 Å². The van der Waals surface area contributed by atoms with Crippen molar-refractivity contribution in [3.05, 3.63) is 131 Å². The Balaban J connectivity index is 1.07. The second-order valence-electron chi connectivity index (χ2n) is 11.8. The number of rotatable bonds is 16. The molecule has 2 N–H and O–H groups in total. The highest BCUT2D eigenvalue weighted by Crippen LogP contribution is 2.32. The molecule has 0 saturated carbocycles. The molecule has 10 heteroatoms. The summed E-state index contributed by atoms with van der Waals surface area (Å²) in [7, 11) is 0. The molecule has 47 heavy (non-hydrogen) atoms. The van der Waals surface area contributed by atoms with Crippen molar-refractivity contribution < 1.29 is 47.4 Å². The van der Waals surface area contributed by atoms with Gasteiger partial charge in [0.2, 0.25) is 0 Å². The van der Waals surface area contributed by atoms with Gasteiger partial charge in [-0.05, 0) is 37.1 Å². The molecule has 8 nitrogen and oxygen atoms in total. The summed E-state index contributed by atoms with van der Waals surface area (Å²) < 4.78 is 63.7. The maximum Gasteiger partial charge on any atom is 0.164 e. The summed E-state index contributed by atoms with van der Waals surface area (Å²) in [4.78, 5) is 0. The van der Waals surface area contributed by atoms with Crippen LogP contribution in [0.2, 0.25) is 0 Å². The second kappa shape index (κ2) is 16.3. The van der Waals surface area contributed by atoms with E-state index in [0.29, 0.717) is 35.8 Å². The van der Waals surface area contributed by atoms with Gasteiger partial charge in [0.05, 0.1) is 26.4 Å². The fraction of sp³-hybridized carbons (Fsp3) is 0.351. The van der Waals surface area contributed by atoms with Crippen molar-refractivity contribution in [2.24, 2.45) is 0 Å². The molecule has 250 valence electrons. The van der Waals surface area contributed by atoms with E-state index in [2.05, 4.69) is 0 Å². The number of aliphatic hydroxyl groups excluding tert-OH is 2. The van der Waals surface area contributed by atoms with Crippen LogP contribution in [-0.2, 0) is 45.4 Å². The lowest BCUT2D eigenvalue weighted by Gasteiger charge is -2.25. The first kappa shape index (κ1) is 34.4. The Morgan fingerprint density at radius 3 is 1.40 bits per heavy atom. The Hall–Kier alpha value is -3.90. The molecule has 5 rings (SSSR count). The molecule has 0 spiro atoms. The second-order valence-corrected chi connectivity index (χ2v) is 11.8. The van der Waals surface area contributed by atoms with E-state index in [1.54, 1.807) is 38.1 Å². The monoisotopic (exact) mass is 650 g/mol. The lowest BCUT2D eigenvalue weighted by atomic mass is 10.0. The minimum atomic E-state index is -1.20. The van der Waals surface area contributed by atoms with Gasteiger partial charge in [0.15, 0.2) is 5.79 Å². The van der Waals surface area contributed by atoms with Crippen molar-refractivity contribution in [3.8, 4) is 11.5 Å². The van der Waals surface area contributed by atoms with Gasteiger partial charge in [-0.1, -0.05) is 72.8 Å².